The van der Waals surface area contributed by atoms with E-state index in [2.05, 4.69) is 9.97 Å². The summed E-state index contributed by atoms with van der Waals surface area (Å²) in [6, 6.07) is 3.31. The molecule has 0 aromatic carbocycles. The fourth-order valence-corrected chi connectivity index (χ4v) is 1.04. The van der Waals surface area contributed by atoms with Crippen molar-refractivity contribution in [1.29, 1.82) is 0 Å². The second-order valence-corrected chi connectivity index (χ2v) is 2.52. The van der Waals surface area contributed by atoms with Gasteiger partial charge >= 0.3 is 5.76 Å². The molecular formula is C6H4N2O2S. The van der Waals surface area contributed by atoms with Gasteiger partial charge in [0.15, 0.2) is 11.2 Å². The van der Waals surface area contributed by atoms with E-state index in [1.807, 2.05) is 0 Å². The van der Waals surface area contributed by atoms with Gasteiger partial charge in [0.2, 0.25) is 0 Å². The lowest BCUT2D eigenvalue weighted by molar-refractivity contribution is 0.555. The molecule has 0 unspecified atom stereocenters. The SMILES string of the molecule is O=c1[nH]c2[nH]c(=S)ccc2o1. The van der Waals surface area contributed by atoms with E-state index in [1.54, 1.807) is 12.1 Å². The zero-order valence-electron chi connectivity index (χ0n) is 5.38. The van der Waals surface area contributed by atoms with Gasteiger partial charge in [0.05, 0.1) is 0 Å². The first-order chi connectivity index (χ1) is 5.25. The normalized spacial score (nSPS) is 10.5. The summed E-state index contributed by atoms with van der Waals surface area (Å²) in [5, 5.41) is 0. The Bertz CT molecular complexity index is 491. The van der Waals surface area contributed by atoms with Gasteiger partial charge in [0.1, 0.15) is 4.64 Å². The predicted molar refractivity (Wildman–Crippen MR) is 42.0 cm³/mol. The lowest BCUT2D eigenvalue weighted by Crippen LogP contribution is -1.93. The minimum absolute atomic E-state index is 0.475. The fourth-order valence-electron chi connectivity index (χ4n) is 0.867. The third-order valence-corrected chi connectivity index (χ3v) is 1.55. The third kappa shape index (κ3) is 0.988. The first-order valence-electron chi connectivity index (χ1n) is 2.98. The van der Waals surface area contributed by atoms with Gasteiger partial charge in [-0.3, -0.25) is 4.98 Å². The number of H-pyrrole nitrogens is 2. The summed E-state index contributed by atoms with van der Waals surface area (Å²) in [6.07, 6.45) is 0. The summed E-state index contributed by atoms with van der Waals surface area (Å²) in [5.74, 6) is -0.475. The Labute approximate surface area is 65.9 Å². The van der Waals surface area contributed by atoms with Crippen molar-refractivity contribution in [3.8, 4) is 0 Å². The van der Waals surface area contributed by atoms with Crippen molar-refractivity contribution >= 4 is 23.4 Å². The summed E-state index contributed by atoms with van der Waals surface area (Å²) in [4.78, 5) is 15.9. The minimum Gasteiger partial charge on any atom is -0.406 e. The Morgan fingerprint density at radius 1 is 1.36 bits per heavy atom. The van der Waals surface area contributed by atoms with Crippen molar-refractivity contribution < 1.29 is 4.42 Å². The van der Waals surface area contributed by atoms with Gasteiger partial charge in [0.25, 0.3) is 0 Å². The molecule has 0 fully saturated rings. The summed E-state index contributed by atoms with van der Waals surface area (Å²) >= 11 is 4.83. The Morgan fingerprint density at radius 2 is 2.18 bits per heavy atom. The van der Waals surface area contributed by atoms with Gasteiger partial charge in [-0.2, -0.15) is 0 Å². The summed E-state index contributed by atoms with van der Waals surface area (Å²) in [5.41, 5.74) is 1.02. The van der Waals surface area contributed by atoms with Crippen molar-refractivity contribution in [2.45, 2.75) is 0 Å². The van der Waals surface area contributed by atoms with Crippen molar-refractivity contribution in [2.24, 2.45) is 0 Å². The fraction of sp³-hybridized carbons (Fsp3) is 0. The molecule has 0 radical (unpaired) electrons. The van der Waals surface area contributed by atoms with Crippen LogP contribution < -0.4 is 5.76 Å². The number of hydrogen-bond donors (Lipinski definition) is 2. The molecule has 2 rings (SSSR count). The lowest BCUT2D eigenvalue weighted by Gasteiger charge is -1.83. The van der Waals surface area contributed by atoms with E-state index >= 15 is 0 Å². The zero-order valence-corrected chi connectivity index (χ0v) is 6.20. The second-order valence-electron chi connectivity index (χ2n) is 2.08. The van der Waals surface area contributed by atoms with Crippen LogP contribution in [-0.4, -0.2) is 9.97 Å². The molecule has 0 aliphatic rings. The summed E-state index contributed by atoms with van der Waals surface area (Å²) in [7, 11) is 0. The van der Waals surface area contributed by atoms with E-state index in [9.17, 15) is 4.79 Å². The summed E-state index contributed by atoms with van der Waals surface area (Å²) in [6.45, 7) is 0. The van der Waals surface area contributed by atoms with Gasteiger partial charge < -0.3 is 9.40 Å². The highest BCUT2D eigenvalue weighted by atomic mass is 32.1. The average molecular weight is 168 g/mol. The molecule has 0 atom stereocenters. The molecule has 0 spiro atoms. The molecule has 56 valence electrons. The molecule has 11 heavy (non-hydrogen) atoms. The van der Waals surface area contributed by atoms with Crippen LogP contribution in [0.15, 0.2) is 21.3 Å². The number of nitrogens with one attached hydrogen (secondary N) is 2. The van der Waals surface area contributed by atoms with E-state index in [4.69, 9.17) is 16.6 Å². The molecule has 0 aliphatic heterocycles. The molecule has 0 aliphatic carbocycles. The van der Waals surface area contributed by atoms with Gasteiger partial charge in [0, 0.05) is 0 Å². The van der Waals surface area contributed by atoms with Crippen molar-refractivity contribution in [3.05, 3.63) is 27.3 Å². The van der Waals surface area contributed by atoms with Crippen LogP contribution in [0.2, 0.25) is 0 Å². The smallest absolute Gasteiger partial charge is 0.406 e. The van der Waals surface area contributed by atoms with E-state index in [0.29, 0.717) is 15.9 Å². The monoisotopic (exact) mass is 168 g/mol. The Balaban J connectivity index is 3.03. The van der Waals surface area contributed by atoms with Gasteiger partial charge in [-0.25, -0.2) is 4.79 Å². The molecule has 2 aromatic rings. The largest absolute Gasteiger partial charge is 0.418 e. The molecule has 2 aromatic heterocycles. The Hall–Kier alpha value is -1.36. The molecule has 2 heterocycles. The highest BCUT2D eigenvalue weighted by Gasteiger charge is 1.97. The third-order valence-electron chi connectivity index (χ3n) is 1.31. The van der Waals surface area contributed by atoms with Gasteiger partial charge in [-0.15, -0.1) is 0 Å². The van der Waals surface area contributed by atoms with Crippen LogP contribution in [0.25, 0.3) is 11.2 Å². The van der Waals surface area contributed by atoms with Crippen LogP contribution in [0.4, 0.5) is 0 Å². The van der Waals surface area contributed by atoms with Crippen molar-refractivity contribution in [3.63, 3.8) is 0 Å². The molecule has 0 saturated carbocycles. The second kappa shape index (κ2) is 2.06. The maximum Gasteiger partial charge on any atom is 0.418 e. The van der Waals surface area contributed by atoms with Crippen LogP contribution in [0, 0.1) is 4.64 Å². The molecule has 0 bridgehead atoms. The Morgan fingerprint density at radius 3 is 3.00 bits per heavy atom. The van der Waals surface area contributed by atoms with E-state index < -0.39 is 5.76 Å². The van der Waals surface area contributed by atoms with Gasteiger partial charge in [-0.05, 0) is 12.1 Å². The number of aromatic amines is 2. The molecule has 2 N–H and O–H groups in total. The van der Waals surface area contributed by atoms with Crippen LogP contribution in [0.3, 0.4) is 0 Å². The number of rotatable bonds is 0. The van der Waals surface area contributed by atoms with Crippen molar-refractivity contribution in [2.75, 3.05) is 0 Å². The van der Waals surface area contributed by atoms with E-state index in [-0.39, 0.29) is 0 Å². The number of hydrogen-bond acceptors (Lipinski definition) is 3. The molecule has 4 nitrogen and oxygen atoms in total. The summed E-state index contributed by atoms with van der Waals surface area (Å²) < 4.78 is 5.30. The number of aromatic nitrogens is 2. The molecule has 0 saturated heterocycles. The zero-order chi connectivity index (χ0) is 7.84. The maximum absolute atomic E-state index is 10.6. The maximum atomic E-state index is 10.6. The first-order valence-corrected chi connectivity index (χ1v) is 3.39. The van der Waals surface area contributed by atoms with Crippen LogP contribution in [-0.2, 0) is 0 Å². The molecule has 5 heteroatoms. The average Bonchev–Trinajstić information content (AvgIpc) is 2.27. The van der Waals surface area contributed by atoms with Crippen LogP contribution >= 0.6 is 12.2 Å². The van der Waals surface area contributed by atoms with E-state index in [0.717, 1.165) is 0 Å². The first kappa shape index (κ1) is 6.36. The molecular weight excluding hydrogens is 164 g/mol. The highest BCUT2D eigenvalue weighted by molar-refractivity contribution is 7.71. The molecule has 0 amide bonds. The lowest BCUT2D eigenvalue weighted by atomic mass is 10.5. The van der Waals surface area contributed by atoms with Crippen molar-refractivity contribution in [1.82, 2.24) is 9.97 Å². The minimum atomic E-state index is -0.475. The van der Waals surface area contributed by atoms with Gasteiger partial charge in [-0.1, -0.05) is 12.2 Å². The Kier molecular flexibility index (Phi) is 1.19. The number of pyridine rings is 1. The van der Waals surface area contributed by atoms with E-state index in [1.165, 1.54) is 0 Å². The highest BCUT2D eigenvalue weighted by Crippen LogP contribution is 2.04. The predicted octanol–water partition coefficient (Wildman–Crippen LogP) is 1.18. The quantitative estimate of drug-likeness (QED) is 0.580. The van der Waals surface area contributed by atoms with Crippen LogP contribution in [0.1, 0.15) is 0 Å². The topological polar surface area (TPSA) is 61.8 Å². The van der Waals surface area contributed by atoms with Crippen LogP contribution in [0.5, 0.6) is 0 Å². The number of oxazole rings is 1. The standard InChI is InChI=1S/C6H4N2O2S/c9-6-8-5-3(10-6)1-2-4(11)7-5/h1-2H,(H2,7,8,9,11). The number of fused-ring (bicyclic) bond motifs is 1.